The maximum Gasteiger partial charge on any atom is 0.255 e. The topological polar surface area (TPSA) is 139 Å². The van der Waals surface area contributed by atoms with Gasteiger partial charge in [-0.25, -0.2) is 9.97 Å². The molecule has 37 heavy (non-hydrogen) atoms. The van der Waals surface area contributed by atoms with Crippen LogP contribution in [0.4, 0.5) is 0 Å². The summed E-state index contributed by atoms with van der Waals surface area (Å²) in [5.74, 6) is 1.89. The van der Waals surface area contributed by atoms with Crippen LogP contribution in [-0.2, 0) is 4.79 Å². The number of ether oxygens (including phenoxy) is 3. The molecule has 11 nitrogen and oxygen atoms in total. The van der Waals surface area contributed by atoms with Crippen molar-refractivity contribution in [1.82, 2.24) is 25.2 Å². The number of H-pyrrole nitrogens is 1. The van der Waals surface area contributed by atoms with Gasteiger partial charge in [-0.05, 0) is 37.8 Å². The van der Waals surface area contributed by atoms with E-state index in [1.165, 1.54) is 6.33 Å². The number of nitrogens with zero attached hydrogens (tertiary/aromatic N) is 3. The summed E-state index contributed by atoms with van der Waals surface area (Å²) >= 11 is 0. The van der Waals surface area contributed by atoms with E-state index in [4.69, 9.17) is 14.2 Å². The van der Waals surface area contributed by atoms with Gasteiger partial charge in [0.2, 0.25) is 12.7 Å². The lowest BCUT2D eigenvalue weighted by Crippen LogP contribution is -2.43. The number of hydrogen-bond acceptors (Lipinski definition) is 8. The maximum absolute atomic E-state index is 13.4. The highest BCUT2D eigenvalue weighted by molar-refractivity contribution is 6.09. The van der Waals surface area contributed by atoms with Gasteiger partial charge in [0.15, 0.2) is 11.5 Å². The Bertz CT molecular complexity index is 1380. The van der Waals surface area contributed by atoms with Gasteiger partial charge in [0.05, 0.1) is 35.4 Å². The Balaban J connectivity index is 1.35. The molecule has 11 heteroatoms. The van der Waals surface area contributed by atoms with Crippen LogP contribution in [-0.4, -0.2) is 75.4 Å². The normalized spacial score (nSPS) is 20.5. The number of carbonyl (C=O) groups is 2. The van der Waals surface area contributed by atoms with Crippen LogP contribution in [0.1, 0.15) is 42.2 Å². The molecule has 0 spiro atoms. The predicted molar refractivity (Wildman–Crippen MR) is 133 cm³/mol. The molecule has 1 saturated carbocycles. The summed E-state index contributed by atoms with van der Waals surface area (Å²) in [7, 11) is 0. The van der Waals surface area contributed by atoms with Crippen LogP contribution in [0.15, 0.2) is 18.5 Å². The summed E-state index contributed by atoms with van der Waals surface area (Å²) in [4.78, 5) is 39.3. The Hall–Kier alpha value is -3.86. The molecule has 194 valence electrons. The lowest BCUT2D eigenvalue weighted by atomic mass is 10.1. The highest BCUT2D eigenvalue weighted by Crippen LogP contribution is 2.48. The first-order valence-corrected chi connectivity index (χ1v) is 12.6. The van der Waals surface area contributed by atoms with E-state index < -0.39 is 12.1 Å². The SMILES string of the molecule is CCC(=O)N1C[C@H](O)[C@H](NC(=O)c2c(C)[nH]c3c(-c4c(OCC5CC5)ccc5c4OCO5)ncnc23)C1. The van der Waals surface area contributed by atoms with E-state index in [1.54, 1.807) is 18.7 Å². The Labute approximate surface area is 213 Å². The van der Waals surface area contributed by atoms with E-state index >= 15 is 0 Å². The molecule has 2 atom stereocenters. The molecule has 1 saturated heterocycles. The zero-order valence-electron chi connectivity index (χ0n) is 20.7. The molecular formula is C26H29N5O6. The molecular weight excluding hydrogens is 478 g/mol. The number of nitrogens with one attached hydrogen (secondary N) is 2. The lowest BCUT2D eigenvalue weighted by molar-refractivity contribution is -0.130. The minimum atomic E-state index is -0.842. The summed E-state index contributed by atoms with van der Waals surface area (Å²) in [6.45, 7) is 4.73. The smallest absolute Gasteiger partial charge is 0.255 e. The molecule has 1 aromatic carbocycles. The van der Waals surface area contributed by atoms with Gasteiger partial charge in [0.25, 0.3) is 5.91 Å². The molecule has 0 unspecified atom stereocenters. The van der Waals surface area contributed by atoms with Crippen molar-refractivity contribution in [3.8, 4) is 28.5 Å². The van der Waals surface area contributed by atoms with Gasteiger partial charge in [0.1, 0.15) is 23.3 Å². The van der Waals surface area contributed by atoms with Crippen LogP contribution in [0.2, 0.25) is 0 Å². The number of carbonyl (C=O) groups excluding carboxylic acids is 2. The van der Waals surface area contributed by atoms with E-state index in [1.807, 2.05) is 12.1 Å². The number of aliphatic hydroxyl groups is 1. The third-order valence-corrected chi connectivity index (χ3v) is 7.17. The summed E-state index contributed by atoms with van der Waals surface area (Å²) < 4.78 is 17.6. The molecule has 0 bridgehead atoms. The van der Waals surface area contributed by atoms with E-state index in [-0.39, 0.29) is 31.7 Å². The fourth-order valence-electron chi connectivity index (χ4n) is 4.98. The molecule has 2 fully saturated rings. The number of aromatic nitrogens is 3. The van der Waals surface area contributed by atoms with Crippen LogP contribution in [0.5, 0.6) is 17.2 Å². The van der Waals surface area contributed by atoms with Gasteiger partial charge in [-0.1, -0.05) is 6.92 Å². The summed E-state index contributed by atoms with van der Waals surface area (Å²) in [5, 5.41) is 13.4. The number of aromatic amines is 1. The molecule has 0 radical (unpaired) electrons. The van der Waals surface area contributed by atoms with E-state index in [2.05, 4.69) is 20.3 Å². The van der Waals surface area contributed by atoms with Crippen molar-refractivity contribution in [1.29, 1.82) is 0 Å². The van der Waals surface area contributed by atoms with E-state index in [0.717, 1.165) is 12.8 Å². The number of fused-ring (bicyclic) bond motifs is 2. The standard InChI is InChI=1S/C26H29N5O6/c1-3-19(33)31-8-15(16(32)9-31)30-26(34)20-13(2)29-24-22(20)27-11-28-23(24)21-17(35-10-14-4-5-14)6-7-18-25(21)37-12-36-18/h6-7,11,14-16,29,32H,3-5,8-10,12H2,1-2H3,(H,30,34)/t15-,16+/m1/s1. The Morgan fingerprint density at radius 2 is 2.08 bits per heavy atom. The van der Waals surface area contributed by atoms with Gasteiger partial charge in [-0.3, -0.25) is 9.59 Å². The summed E-state index contributed by atoms with van der Waals surface area (Å²) in [6.07, 6.45) is 3.23. The van der Waals surface area contributed by atoms with Crippen LogP contribution in [0.25, 0.3) is 22.3 Å². The van der Waals surface area contributed by atoms with Crippen molar-refractivity contribution in [2.75, 3.05) is 26.5 Å². The Morgan fingerprint density at radius 1 is 1.24 bits per heavy atom. The van der Waals surface area contributed by atoms with Crippen molar-refractivity contribution in [2.45, 2.75) is 45.3 Å². The second kappa shape index (κ2) is 9.22. The van der Waals surface area contributed by atoms with Crippen LogP contribution in [0, 0.1) is 12.8 Å². The Kier molecular flexibility index (Phi) is 5.86. The first-order valence-electron chi connectivity index (χ1n) is 12.6. The van der Waals surface area contributed by atoms with Crippen LogP contribution in [0.3, 0.4) is 0 Å². The maximum atomic E-state index is 13.4. The fraction of sp³-hybridized carbons (Fsp3) is 0.462. The molecule has 6 rings (SSSR count). The highest BCUT2D eigenvalue weighted by Gasteiger charge is 2.36. The van der Waals surface area contributed by atoms with Gasteiger partial charge >= 0.3 is 0 Å². The zero-order chi connectivity index (χ0) is 25.7. The first kappa shape index (κ1) is 23.5. The lowest BCUT2D eigenvalue weighted by Gasteiger charge is -2.16. The quantitative estimate of drug-likeness (QED) is 0.442. The summed E-state index contributed by atoms with van der Waals surface area (Å²) in [5.41, 5.74) is 3.17. The van der Waals surface area contributed by atoms with E-state index in [0.29, 0.717) is 69.7 Å². The second-order valence-electron chi connectivity index (χ2n) is 9.80. The number of aliphatic hydroxyl groups excluding tert-OH is 1. The highest BCUT2D eigenvalue weighted by atomic mass is 16.7. The number of benzene rings is 1. The first-order chi connectivity index (χ1) is 17.9. The van der Waals surface area contributed by atoms with Crippen molar-refractivity contribution < 1.29 is 28.9 Å². The third-order valence-electron chi connectivity index (χ3n) is 7.17. The van der Waals surface area contributed by atoms with Gasteiger partial charge < -0.3 is 34.5 Å². The average molecular weight is 508 g/mol. The molecule has 3 N–H and O–H groups in total. The number of β-amino-alcohol motifs (C(OH)–C–C–N with tert-alkyl or cyclic N) is 1. The molecule has 2 amide bonds. The van der Waals surface area contributed by atoms with Crippen LogP contribution >= 0.6 is 0 Å². The molecule has 3 aromatic rings. The van der Waals surface area contributed by atoms with Gasteiger partial charge in [0, 0.05) is 25.2 Å². The van der Waals surface area contributed by atoms with Crippen molar-refractivity contribution >= 4 is 22.8 Å². The monoisotopic (exact) mass is 507 g/mol. The van der Waals surface area contributed by atoms with Gasteiger partial charge in [-0.15, -0.1) is 0 Å². The zero-order valence-corrected chi connectivity index (χ0v) is 20.7. The molecule has 1 aliphatic carbocycles. The van der Waals surface area contributed by atoms with Crippen LogP contribution < -0.4 is 19.5 Å². The van der Waals surface area contributed by atoms with Gasteiger partial charge in [-0.2, -0.15) is 0 Å². The minimum Gasteiger partial charge on any atom is -0.492 e. The number of rotatable bonds is 7. The van der Waals surface area contributed by atoms with Crippen molar-refractivity contribution in [3.63, 3.8) is 0 Å². The molecule has 4 heterocycles. The second-order valence-corrected chi connectivity index (χ2v) is 9.80. The van der Waals surface area contributed by atoms with E-state index in [9.17, 15) is 14.7 Å². The summed E-state index contributed by atoms with van der Waals surface area (Å²) in [6, 6.07) is 3.11. The molecule has 2 aromatic heterocycles. The number of amides is 2. The van der Waals surface area contributed by atoms with Crippen molar-refractivity contribution in [2.24, 2.45) is 5.92 Å². The average Bonchev–Trinajstić information content (AvgIpc) is 3.30. The Morgan fingerprint density at radius 3 is 2.86 bits per heavy atom. The fourth-order valence-corrected chi connectivity index (χ4v) is 4.98. The number of aryl methyl sites for hydroxylation is 1. The number of likely N-dealkylation sites (tertiary alicyclic amines) is 1. The predicted octanol–water partition coefficient (Wildman–Crippen LogP) is 2.16. The largest absolute Gasteiger partial charge is 0.492 e. The third kappa shape index (κ3) is 4.22. The minimum absolute atomic E-state index is 0.0576. The molecule has 3 aliphatic rings. The number of hydrogen-bond donors (Lipinski definition) is 3. The molecule has 2 aliphatic heterocycles. The van der Waals surface area contributed by atoms with Crippen molar-refractivity contribution in [3.05, 3.63) is 29.7 Å².